The molecule has 0 N–H and O–H groups in total. The predicted octanol–water partition coefficient (Wildman–Crippen LogP) is 6.40. The van der Waals surface area contributed by atoms with E-state index in [1.807, 2.05) is 0 Å². The van der Waals surface area contributed by atoms with E-state index >= 15 is 0 Å². The first-order valence-corrected chi connectivity index (χ1v) is 10.7. The van der Waals surface area contributed by atoms with Crippen LogP contribution >= 0.6 is 17.7 Å². The molecule has 3 aliphatic rings. The highest BCUT2D eigenvalue weighted by atomic mass is 35.7. The Bertz CT molecular complexity index is 446. The fourth-order valence-corrected chi connectivity index (χ4v) is 9.05. The lowest BCUT2D eigenvalue weighted by atomic mass is 9.46. The Morgan fingerprint density at radius 3 is 1.95 bits per heavy atom. The molecule has 0 radical (unpaired) electrons. The SMILES string of the molecule is C[C@@H]1[C@H]2C[C@@H](C[C@H]1[P@@](=O)(Cl)C(C)(C)C(C)(C)C)C2(C)C. The lowest BCUT2D eigenvalue weighted by Crippen LogP contribution is -2.57. The second-order valence-corrected chi connectivity index (χ2v) is 13.9. The third kappa shape index (κ3) is 2.06. The predicted molar refractivity (Wildman–Crippen MR) is 89.9 cm³/mol. The van der Waals surface area contributed by atoms with Gasteiger partial charge in [0, 0.05) is 10.8 Å². The summed E-state index contributed by atoms with van der Waals surface area (Å²) in [6.07, 6.45) is 2.38. The Kier molecular flexibility index (Phi) is 3.81. The summed E-state index contributed by atoms with van der Waals surface area (Å²) in [6, 6.07) is 0. The first-order valence-electron chi connectivity index (χ1n) is 8.04. The van der Waals surface area contributed by atoms with Gasteiger partial charge in [0.15, 0.2) is 6.49 Å². The Balaban J connectivity index is 2.31. The number of rotatable bonds is 2. The Morgan fingerprint density at radius 2 is 1.60 bits per heavy atom. The highest BCUT2D eigenvalue weighted by Crippen LogP contribution is 2.77. The molecule has 0 unspecified atom stereocenters. The molecular formula is C17H32ClOP. The Hall–Kier alpha value is 0.520. The van der Waals surface area contributed by atoms with Crippen LogP contribution in [0.4, 0.5) is 0 Å². The summed E-state index contributed by atoms with van der Waals surface area (Å²) in [7, 11) is 0. The molecule has 0 aliphatic heterocycles. The van der Waals surface area contributed by atoms with Crippen molar-refractivity contribution in [3.8, 4) is 0 Å². The lowest BCUT2D eigenvalue weighted by Gasteiger charge is -2.63. The molecule has 0 aromatic rings. The van der Waals surface area contributed by atoms with E-state index in [4.69, 9.17) is 11.2 Å². The minimum absolute atomic E-state index is 0.0405. The van der Waals surface area contributed by atoms with Gasteiger partial charge in [0.05, 0.1) is 0 Å². The van der Waals surface area contributed by atoms with Crippen molar-refractivity contribution in [2.24, 2.45) is 28.6 Å². The molecule has 0 aromatic heterocycles. The second kappa shape index (κ2) is 4.51. The summed E-state index contributed by atoms with van der Waals surface area (Å²) in [6.45, 7) is 15.0. The summed E-state index contributed by atoms with van der Waals surface area (Å²) in [5.74, 6) is 1.91. The molecule has 3 saturated carbocycles. The molecule has 2 bridgehead atoms. The van der Waals surface area contributed by atoms with E-state index in [0.29, 0.717) is 17.3 Å². The van der Waals surface area contributed by atoms with Crippen LogP contribution in [0.25, 0.3) is 0 Å². The van der Waals surface area contributed by atoms with Crippen molar-refractivity contribution in [1.29, 1.82) is 0 Å². The van der Waals surface area contributed by atoms with Crippen molar-refractivity contribution < 1.29 is 4.57 Å². The standard InChI is InChI=1S/C17H32ClOP/c1-11-13-9-12(16(13,5)6)10-14(11)20(18,19)17(7,8)15(2,3)4/h11-14H,9-10H2,1-8H3/t11-,12+,13-,14-,20+/m1/s1. The van der Waals surface area contributed by atoms with Crippen LogP contribution in [0.5, 0.6) is 0 Å². The summed E-state index contributed by atoms with van der Waals surface area (Å²) in [5.41, 5.74) is 0.593. The van der Waals surface area contributed by atoms with Crippen LogP contribution in [-0.4, -0.2) is 10.8 Å². The van der Waals surface area contributed by atoms with Gasteiger partial charge in [-0.15, -0.1) is 0 Å². The monoisotopic (exact) mass is 318 g/mol. The summed E-state index contributed by atoms with van der Waals surface area (Å²) in [4.78, 5) is 0. The molecule has 1 nitrogen and oxygen atoms in total. The van der Waals surface area contributed by atoms with Crippen molar-refractivity contribution in [2.45, 2.75) is 79.0 Å². The molecule has 5 atom stereocenters. The van der Waals surface area contributed by atoms with E-state index < -0.39 is 6.49 Å². The van der Waals surface area contributed by atoms with E-state index in [-0.39, 0.29) is 16.2 Å². The minimum Gasteiger partial charge on any atom is -0.306 e. The molecule has 3 rings (SSSR count). The normalized spacial score (nSPS) is 39.9. The van der Waals surface area contributed by atoms with Gasteiger partial charge >= 0.3 is 0 Å². The highest BCUT2D eigenvalue weighted by molar-refractivity contribution is 7.90. The topological polar surface area (TPSA) is 17.1 Å². The fraction of sp³-hybridized carbons (Fsp3) is 1.00. The minimum atomic E-state index is -2.74. The van der Waals surface area contributed by atoms with E-state index in [2.05, 4.69) is 55.4 Å². The van der Waals surface area contributed by atoms with E-state index in [0.717, 1.165) is 12.3 Å². The molecule has 0 saturated heterocycles. The molecular weight excluding hydrogens is 287 g/mol. The maximum atomic E-state index is 13.6. The van der Waals surface area contributed by atoms with Crippen LogP contribution in [0.3, 0.4) is 0 Å². The zero-order valence-corrected chi connectivity index (χ0v) is 16.1. The van der Waals surface area contributed by atoms with Gasteiger partial charge in [-0.25, -0.2) is 0 Å². The quantitative estimate of drug-likeness (QED) is 0.538. The van der Waals surface area contributed by atoms with Crippen LogP contribution in [0, 0.1) is 28.6 Å². The zero-order valence-electron chi connectivity index (χ0n) is 14.5. The van der Waals surface area contributed by atoms with Gasteiger partial charge in [0.25, 0.3) is 0 Å². The van der Waals surface area contributed by atoms with Crippen molar-refractivity contribution in [3.05, 3.63) is 0 Å². The Labute approximate surface area is 130 Å². The average Bonchev–Trinajstić information content (AvgIpc) is 2.26. The van der Waals surface area contributed by atoms with E-state index in [1.54, 1.807) is 0 Å². The molecule has 0 amide bonds. The number of hydrogen-bond donors (Lipinski definition) is 0. The van der Waals surface area contributed by atoms with Gasteiger partial charge in [-0.1, -0.05) is 66.6 Å². The zero-order chi connectivity index (χ0) is 15.7. The third-order valence-electron chi connectivity index (χ3n) is 7.34. The molecule has 3 fully saturated rings. The first kappa shape index (κ1) is 16.9. The van der Waals surface area contributed by atoms with Crippen LogP contribution in [0.15, 0.2) is 0 Å². The fourth-order valence-electron chi connectivity index (χ4n) is 4.43. The molecule has 20 heavy (non-hydrogen) atoms. The summed E-state index contributed by atoms with van der Waals surface area (Å²) in [5, 5.41) is -0.325. The van der Waals surface area contributed by atoms with Gasteiger partial charge in [0.2, 0.25) is 0 Å². The molecule has 0 spiro atoms. The van der Waals surface area contributed by atoms with Crippen LogP contribution in [0.2, 0.25) is 0 Å². The highest BCUT2D eigenvalue weighted by Gasteiger charge is 2.62. The summed E-state index contributed by atoms with van der Waals surface area (Å²) >= 11 is 6.82. The maximum Gasteiger partial charge on any atom is 0.178 e. The molecule has 0 heterocycles. The van der Waals surface area contributed by atoms with Crippen molar-refractivity contribution in [2.75, 3.05) is 0 Å². The molecule has 3 heteroatoms. The second-order valence-electron chi connectivity index (χ2n) is 9.41. The van der Waals surface area contributed by atoms with Crippen molar-refractivity contribution in [1.82, 2.24) is 0 Å². The van der Waals surface area contributed by atoms with Gasteiger partial charge in [0.1, 0.15) is 0 Å². The number of hydrogen-bond acceptors (Lipinski definition) is 1. The van der Waals surface area contributed by atoms with E-state index in [1.165, 1.54) is 6.42 Å². The van der Waals surface area contributed by atoms with Crippen LogP contribution < -0.4 is 0 Å². The van der Waals surface area contributed by atoms with Crippen molar-refractivity contribution in [3.63, 3.8) is 0 Å². The first-order chi connectivity index (χ1) is 8.74. The number of halogens is 1. The maximum absolute atomic E-state index is 13.6. The van der Waals surface area contributed by atoms with Gasteiger partial charge < -0.3 is 4.57 Å². The largest absolute Gasteiger partial charge is 0.306 e. The molecule has 0 aromatic carbocycles. The molecule has 118 valence electrons. The molecule has 3 aliphatic carbocycles. The van der Waals surface area contributed by atoms with Gasteiger partial charge in [-0.3, -0.25) is 0 Å². The average molecular weight is 319 g/mol. The Morgan fingerprint density at radius 1 is 1.10 bits per heavy atom. The van der Waals surface area contributed by atoms with Crippen LogP contribution in [-0.2, 0) is 4.57 Å². The van der Waals surface area contributed by atoms with E-state index in [9.17, 15) is 4.57 Å². The summed E-state index contributed by atoms with van der Waals surface area (Å²) < 4.78 is 13.6. The number of fused-ring (bicyclic) bond motifs is 2. The van der Waals surface area contributed by atoms with Crippen LogP contribution in [0.1, 0.15) is 68.2 Å². The van der Waals surface area contributed by atoms with Crippen molar-refractivity contribution >= 4 is 17.7 Å². The van der Waals surface area contributed by atoms with Gasteiger partial charge in [-0.2, -0.15) is 0 Å². The lowest BCUT2D eigenvalue weighted by molar-refractivity contribution is -0.0968. The smallest absolute Gasteiger partial charge is 0.178 e. The van der Waals surface area contributed by atoms with Gasteiger partial charge in [-0.05, 0) is 41.4 Å². The third-order valence-corrected chi connectivity index (χ3v) is 13.1.